The molecule has 0 aliphatic heterocycles. The molecule has 108 valence electrons. The first kappa shape index (κ1) is 12.6. The zero-order valence-electron chi connectivity index (χ0n) is 11.7. The predicted molar refractivity (Wildman–Crippen MR) is 81.9 cm³/mol. The van der Waals surface area contributed by atoms with Crippen LogP contribution in [0.2, 0.25) is 0 Å². The number of aromatic nitrogens is 4. The SMILES string of the molecule is N#Cc1cccc(Nc2nnc3ccc(NC4CC4)nn23)c1. The third-order valence-electron chi connectivity index (χ3n) is 3.44. The molecule has 4 rings (SSSR count). The average molecular weight is 291 g/mol. The van der Waals surface area contributed by atoms with Gasteiger partial charge in [-0.1, -0.05) is 6.07 Å². The Bertz CT molecular complexity index is 873. The maximum Gasteiger partial charge on any atom is 0.250 e. The molecule has 0 amide bonds. The molecule has 7 heteroatoms. The highest BCUT2D eigenvalue weighted by Gasteiger charge is 2.21. The van der Waals surface area contributed by atoms with Crippen molar-refractivity contribution < 1.29 is 0 Å². The summed E-state index contributed by atoms with van der Waals surface area (Å²) in [5.41, 5.74) is 2.03. The van der Waals surface area contributed by atoms with Crippen molar-refractivity contribution in [2.75, 3.05) is 10.6 Å². The fourth-order valence-corrected chi connectivity index (χ4v) is 2.18. The number of rotatable bonds is 4. The molecule has 1 fully saturated rings. The summed E-state index contributed by atoms with van der Waals surface area (Å²) in [6.07, 6.45) is 2.38. The lowest BCUT2D eigenvalue weighted by molar-refractivity contribution is 0.924. The van der Waals surface area contributed by atoms with E-state index in [-0.39, 0.29) is 0 Å². The number of nitrogens with zero attached hydrogens (tertiary/aromatic N) is 5. The summed E-state index contributed by atoms with van der Waals surface area (Å²) in [5, 5.41) is 28.2. The number of nitrogens with one attached hydrogen (secondary N) is 2. The van der Waals surface area contributed by atoms with E-state index in [1.165, 1.54) is 12.8 Å². The van der Waals surface area contributed by atoms with Crippen LogP contribution in [0.5, 0.6) is 0 Å². The Kier molecular flexibility index (Phi) is 2.86. The Labute approximate surface area is 126 Å². The molecule has 1 saturated carbocycles. The predicted octanol–water partition coefficient (Wildman–Crippen LogP) is 2.31. The number of fused-ring (bicyclic) bond motifs is 1. The molecule has 1 aliphatic rings. The van der Waals surface area contributed by atoms with Crippen LogP contribution in [-0.4, -0.2) is 25.9 Å². The highest BCUT2D eigenvalue weighted by atomic mass is 15.4. The van der Waals surface area contributed by atoms with Gasteiger partial charge in [-0.3, -0.25) is 0 Å². The van der Waals surface area contributed by atoms with E-state index in [1.54, 1.807) is 16.6 Å². The number of benzene rings is 1. The van der Waals surface area contributed by atoms with Gasteiger partial charge >= 0.3 is 0 Å². The van der Waals surface area contributed by atoms with Crippen LogP contribution in [0, 0.1) is 11.3 Å². The average Bonchev–Trinajstić information content (AvgIpc) is 3.28. The highest BCUT2D eigenvalue weighted by molar-refractivity contribution is 5.59. The van der Waals surface area contributed by atoms with Gasteiger partial charge in [-0.25, -0.2) is 0 Å². The van der Waals surface area contributed by atoms with Gasteiger partial charge in [-0.05, 0) is 43.2 Å². The first-order valence-corrected chi connectivity index (χ1v) is 7.08. The molecule has 0 unspecified atom stereocenters. The monoisotopic (exact) mass is 291 g/mol. The van der Waals surface area contributed by atoms with Gasteiger partial charge in [0, 0.05) is 11.7 Å². The first-order chi connectivity index (χ1) is 10.8. The molecule has 22 heavy (non-hydrogen) atoms. The molecule has 1 aromatic carbocycles. The van der Waals surface area contributed by atoms with E-state index in [1.807, 2.05) is 24.3 Å². The third kappa shape index (κ3) is 2.42. The van der Waals surface area contributed by atoms with Crippen molar-refractivity contribution in [1.82, 2.24) is 19.8 Å². The van der Waals surface area contributed by atoms with Crippen LogP contribution in [0.25, 0.3) is 5.65 Å². The molecule has 0 spiro atoms. The highest BCUT2D eigenvalue weighted by Crippen LogP contribution is 2.24. The van der Waals surface area contributed by atoms with Gasteiger partial charge in [-0.15, -0.1) is 15.3 Å². The van der Waals surface area contributed by atoms with Crippen LogP contribution in [0.1, 0.15) is 18.4 Å². The Balaban J connectivity index is 1.66. The lowest BCUT2D eigenvalue weighted by Crippen LogP contribution is -2.07. The fourth-order valence-electron chi connectivity index (χ4n) is 2.18. The van der Waals surface area contributed by atoms with Crippen molar-refractivity contribution in [1.29, 1.82) is 5.26 Å². The molecule has 0 atom stereocenters. The lowest BCUT2D eigenvalue weighted by Gasteiger charge is -2.06. The number of hydrogen-bond donors (Lipinski definition) is 2. The topological polar surface area (TPSA) is 90.9 Å². The third-order valence-corrected chi connectivity index (χ3v) is 3.44. The largest absolute Gasteiger partial charge is 0.366 e. The van der Waals surface area contributed by atoms with Gasteiger partial charge in [-0.2, -0.15) is 9.78 Å². The maximum absolute atomic E-state index is 8.95. The minimum atomic E-state index is 0.518. The minimum absolute atomic E-state index is 0.518. The molecular weight excluding hydrogens is 278 g/mol. The van der Waals surface area contributed by atoms with Gasteiger partial charge in [0.15, 0.2) is 5.65 Å². The van der Waals surface area contributed by atoms with Crippen LogP contribution in [0.3, 0.4) is 0 Å². The number of hydrogen-bond acceptors (Lipinski definition) is 6. The lowest BCUT2D eigenvalue weighted by atomic mass is 10.2. The van der Waals surface area contributed by atoms with Crippen LogP contribution in [0.15, 0.2) is 36.4 Å². The number of anilines is 3. The summed E-state index contributed by atoms with van der Waals surface area (Å²) in [7, 11) is 0. The minimum Gasteiger partial charge on any atom is -0.366 e. The summed E-state index contributed by atoms with van der Waals surface area (Å²) < 4.78 is 1.66. The zero-order chi connectivity index (χ0) is 14.9. The Hall–Kier alpha value is -3.14. The molecule has 2 heterocycles. The Morgan fingerprint density at radius 3 is 2.91 bits per heavy atom. The molecule has 3 aromatic rings. The summed E-state index contributed by atoms with van der Waals surface area (Å²) >= 11 is 0. The van der Waals surface area contributed by atoms with Crippen LogP contribution < -0.4 is 10.6 Å². The summed E-state index contributed by atoms with van der Waals surface area (Å²) in [4.78, 5) is 0. The summed E-state index contributed by atoms with van der Waals surface area (Å²) in [6.45, 7) is 0. The van der Waals surface area contributed by atoms with Gasteiger partial charge < -0.3 is 10.6 Å². The van der Waals surface area contributed by atoms with Gasteiger partial charge in [0.25, 0.3) is 5.95 Å². The van der Waals surface area contributed by atoms with Gasteiger partial charge in [0.05, 0.1) is 11.6 Å². The first-order valence-electron chi connectivity index (χ1n) is 7.08. The standard InChI is InChI=1S/C15H13N7/c16-9-10-2-1-3-12(8-10)18-15-20-19-14-7-6-13(21-22(14)15)17-11-4-5-11/h1-3,6-8,11H,4-5H2,(H,17,21)(H,18,20). The second-order valence-corrected chi connectivity index (χ2v) is 5.25. The molecular formula is C15H13N7. The quantitative estimate of drug-likeness (QED) is 0.766. The molecule has 0 bridgehead atoms. The fraction of sp³-hybridized carbons (Fsp3) is 0.200. The Morgan fingerprint density at radius 2 is 2.09 bits per heavy atom. The van der Waals surface area contributed by atoms with E-state index in [4.69, 9.17) is 5.26 Å². The van der Waals surface area contributed by atoms with E-state index in [0.29, 0.717) is 23.2 Å². The van der Waals surface area contributed by atoms with E-state index in [0.717, 1.165) is 11.5 Å². The van der Waals surface area contributed by atoms with E-state index in [2.05, 4.69) is 32.0 Å². The van der Waals surface area contributed by atoms with Crippen LogP contribution in [0.4, 0.5) is 17.5 Å². The van der Waals surface area contributed by atoms with Crippen molar-refractivity contribution >= 4 is 23.1 Å². The van der Waals surface area contributed by atoms with Crippen LogP contribution in [-0.2, 0) is 0 Å². The van der Waals surface area contributed by atoms with Crippen molar-refractivity contribution in [3.8, 4) is 6.07 Å². The molecule has 1 aliphatic carbocycles. The van der Waals surface area contributed by atoms with Crippen molar-refractivity contribution in [2.45, 2.75) is 18.9 Å². The second kappa shape index (κ2) is 5.00. The Morgan fingerprint density at radius 1 is 1.18 bits per heavy atom. The summed E-state index contributed by atoms with van der Waals surface area (Å²) in [6, 6.07) is 13.6. The molecule has 7 nitrogen and oxygen atoms in total. The molecule has 2 aromatic heterocycles. The van der Waals surface area contributed by atoms with Gasteiger partial charge in [0.1, 0.15) is 5.82 Å². The zero-order valence-corrected chi connectivity index (χ0v) is 11.7. The maximum atomic E-state index is 8.95. The van der Waals surface area contributed by atoms with Gasteiger partial charge in [0.2, 0.25) is 0 Å². The van der Waals surface area contributed by atoms with Crippen molar-refractivity contribution in [3.05, 3.63) is 42.0 Å². The second-order valence-electron chi connectivity index (χ2n) is 5.25. The normalized spacial score (nSPS) is 13.8. The van der Waals surface area contributed by atoms with E-state index < -0.39 is 0 Å². The van der Waals surface area contributed by atoms with Crippen LogP contribution >= 0.6 is 0 Å². The van der Waals surface area contributed by atoms with Crippen molar-refractivity contribution in [2.24, 2.45) is 0 Å². The number of nitriles is 1. The van der Waals surface area contributed by atoms with E-state index >= 15 is 0 Å². The summed E-state index contributed by atoms with van der Waals surface area (Å²) in [5.74, 6) is 1.33. The molecule has 0 saturated heterocycles. The van der Waals surface area contributed by atoms with E-state index in [9.17, 15) is 0 Å². The van der Waals surface area contributed by atoms with Crippen molar-refractivity contribution in [3.63, 3.8) is 0 Å². The smallest absolute Gasteiger partial charge is 0.250 e. The molecule has 0 radical (unpaired) electrons. The molecule has 2 N–H and O–H groups in total.